The van der Waals surface area contributed by atoms with Gasteiger partial charge in [-0.3, -0.25) is 0 Å². The molecule has 2 aromatic rings. The summed E-state index contributed by atoms with van der Waals surface area (Å²) >= 11 is 5.56. The average Bonchev–Trinajstić information content (AvgIpc) is 3.14. The molecule has 24 heavy (non-hydrogen) atoms. The van der Waals surface area contributed by atoms with E-state index in [2.05, 4.69) is 5.32 Å². The molecule has 2 heterocycles. The highest BCUT2D eigenvalue weighted by Gasteiger charge is 2.34. The second-order valence-corrected chi connectivity index (χ2v) is 8.68. The SMILES string of the molecule is Cc1cccc(NC(=S)N(Cc2ccco2)[C@H]2CCS(=O)(=O)C2)c1. The zero-order valence-electron chi connectivity index (χ0n) is 13.4. The molecule has 0 bridgehead atoms. The molecule has 1 atom stereocenters. The van der Waals surface area contributed by atoms with E-state index in [4.69, 9.17) is 16.6 Å². The van der Waals surface area contributed by atoms with E-state index in [-0.39, 0.29) is 17.5 Å². The minimum absolute atomic E-state index is 0.128. The standard InChI is InChI=1S/C17H20N2O3S2/c1-13-4-2-5-14(10-13)18-17(23)19(11-16-6-3-8-22-16)15-7-9-24(20,21)12-15/h2-6,8,10,15H,7,9,11-12H2,1H3,(H,18,23)/t15-/m0/s1. The van der Waals surface area contributed by atoms with Crippen molar-refractivity contribution in [2.45, 2.75) is 25.9 Å². The molecular formula is C17H20N2O3S2. The first-order chi connectivity index (χ1) is 11.4. The van der Waals surface area contributed by atoms with Crippen LogP contribution in [0.2, 0.25) is 0 Å². The maximum absolute atomic E-state index is 11.9. The summed E-state index contributed by atoms with van der Waals surface area (Å²) in [5.74, 6) is 1.09. The van der Waals surface area contributed by atoms with Crippen LogP contribution in [0.25, 0.3) is 0 Å². The number of sulfone groups is 1. The molecule has 0 saturated carbocycles. The molecule has 3 rings (SSSR count). The molecule has 0 unspecified atom stereocenters. The van der Waals surface area contributed by atoms with Gasteiger partial charge in [-0.05, 0) is 55.4 Å². The maximum atomic E-state index is 11.9. The van der Waals surface area contributed by atoms with Gasteiger partial charge in [0.2, 0.25) is 0 Å². The topological polar surface area (TPSA) is 62.6 Å². The van der Waals surface area contributed by atoms with Crippen LogP contribution in [-0.2, 0) is 16.4 Å². The van der Waals surface area contributed by atoms with Gasteiger partial charge in [0.1, 0.15) is 5.76 Å². The normalized spacial score (nSPS) is 19.1. The van der Waals surface area contributed by atoms with Gasteiger partial charge in [0, 0.05) is 11.7 Å². The first-order valence-corrected chi connectivity index (χ1v) is 10.0. The van der Waals surface area contributed by atoms with Crippen LogP contribution in [0.15, 0.2) is 47.1 Å². The van der Waals surface area contributed by atoms with Gasteiger partial charge < -0.3 is 14.6 Å². The van der Waals surface area contributed by atoms with Crippen molar-refractivity contribution in [1.82, 2.24) is 4.90 Å². The molecular weight excluding hydrogens is 344 g/mol. The molecule has 1 aliphatic rings. The van der Waals surface area contributed by atoms with Crippen molar-refractivity contribution in [2.75, 3.05) is 16.8 Å². The number of aryl methyl sites for hydroxylation is 1. The summed E-state index contributed by atoms with van der Waals surface area (Å²) in [6.45, 7) is 2.46. The van der Waals surface area contributed by atoms with Crippen LogP contribution in [0.3, 0.4) is 0 Å². The van der Waals surface area contributed by atoms with E-state index in [1.807, 2.05) is 48.2 Å². The van der Waals surface area contributed by atoms with Gasteiger partial charge in [0.15, 0.2) is 14.9 Å². The Hall–Kier alpha value is -1.86. The number of nitrogens with one attached hydrogen (secondary N) is 1. The molecule has 7 heteroatoms. The lowest BCUT2D eigenvalue weighted by Crippen LogP contribution is -2.42. The Balaban J connectivity index is 1.79. The predicted molar refractivity (Wildman–Crippen MR) is 98.7 cm³/mol. The average molecular weight is 364 g/mol. The van der Waals surface area contributed by atoms with Gasteiger partial charge in [0.05, 0.1) is 24.3 Å². The number of furan rings is 1. The van der Waals surface area contributed by atoms with Crippen LogP contribution in [0.4, 0.5) is 5.69 Å². The molecule has 0 spiro atoms. The summed E-state index contributed by atoms with van der Waals surface area (Å²) < 4.78 is 29.1. The van der Waals surface area contributed by atoms with Crippen LogP contribution in [0.5, 0.6) is 0 Å². The summed E-state index contributed by atoms with van der Waals surface area (Å²) in [6, 6.07) is 11.5. The molecule has 1 N–H and O–H groups in total. The Bertz CT molecular complexity index is 816. The zero-order chi connectivity index (χ0) is 17.2. The molecule has 1 fully saturated rings. The van der Waals surface area contributed by atoms with Crippen molar-refractivity contribution in [1.29, 1.82) is 0 Å². The molecule has 1 aliphatic heterocycles. The van der Waals surface area contributed by atoms with E-state index >= 15 is 0 Å². The fraction of sp³-hybridized carbons (Fsp3) is 0.353. The van der Waals surface area contributed by atoms with Gasteiger partial charge in [0.25, 0.3) is 0 Å². The smallest absolute Gasteiger partial charge is 0.174 e. The van der Waals surface area contributed by atoms with Gasteiger partial charge in [-0.25, -0.2) is 8.42 Å². The highest BCUT2D eigenvalue weighted by molar-refractivity contribution is 7.91. The van der Waals surface area contributed by atoms with E-state index in [0.29, 0.717) is 18.1 Å². The van der Waals surface area contributed by atoms with Gasteiger partial charge in [-0.15, -0.1) is 0 Å². The second kappa shape index (κ2) is 6.94. The number of anilines is 1. The summed E-state index contributed by atoms with van der Waals surface area (Å²) in [7, 11) is -2.99. The zero-order valence-corrected chi connectivity index (χ0v) is 15.1. The van der Waals surface area contributed by atoms with Crippen LogP contribution >= 0.6 is 12.2 Å². The van der Waals surface area contributed by atoms with Crippen LogP contribution in [0.1, 0.15) is 17.7 Å². The predicted octanol–water partition coefficient (Wildman–Crippen LogP) is 2.97. The summed E-state index contributed by atoms with van der Waals surface area (Å²) in [5, 5.41) is 3.73. The molecule has 1 aromatic heterocycles. The lowest BCUT2D eigenvalue weighted by atomic mass is 10.2. The van der Waals surface area contributed by atoms with Crippen molar-refractivity contribution in [3.8, 4) is 0 Å². The van der Waals surface area contributed by atoms with E-state index in [1.165, 1.54) is 0 Å². The Morgan fingerprint density at radius 3 is 2.83 bits per heavy atom. The van der Waals surface area contributed by atoms with E-state index in [0.717, 1.165) is 17.0 Å². The van der Waals surface area contributed by atoms with Crippen molar-refractivity contribution >= 4 is 32.9 Å². The van der Waals surface area contributed by atoms with Crippen molar-refractivity contribution in [3.05, 3.63) is 54.0 Å². The second-order valence-electron chi connectivity index (χ2n) is 6.06. The highest BCUT2D eigenvalue weighted by Crippen LogP contribution is 2.22. The van der Waals surface area contributed by atoms with Gasteiger partial charge in [-0.1, -0.05) is 12.1 Å². The summed E-state index contributed by atoms with van der Waals surface area (Å²) in [6.07, 6.45) is 2.19. The van der Waals surface area contributed by atoms with Crippen LogP contribution in [-0.4, -0.2) is 36.0 Å². The number of hydrogen-bond donors (Lipinski definition) is 1. The van der Waals surface area contributed by atoms with Crippen molar-refractivity contribution in [3.63, 3.8) is 0 Å². The Morgan fingerprint density at radius 1 is 1.38 bits per heavy atom. The van der Waals surface area contributed by atoms with Gasteiger partial charge >= 0.3 is 0 Å². The summed E-state index contributed by atoms with van der Waals surface area (Å²) in [5.41, 5.74) is 2.02. The quantitative estimate of drug-likeness (QED) is 0.842. The lowest BCUT2D eigenvalue weighted by molar-refractivity contribution is 0.302. The first-order valence-electron chi connectivity index (χ1n) is 7.80. The third kappa shape index (κ3) is 4.15. The first kappa shape index (κ1) is 17.0. The maximum Gasteiger partial charge on any atom is 0.174 e. The number of nitrogens with zero attached hydrogens (tertiary/aromatic N) is 1. The highest BCUT2D eigenvalue weighted by atomic mass is 32.2. The van der Waals surface area contributed by atoms with Gasteiger partial charge in [-0.2, -0.15) is 0 Å². The van der Waals surface area contributed by atoms with E-state index < -0.39 is 9.84 Å². The van der Waals surface area contributed by atoms with E-state index in [1.54, 1.807) is 6.26 Å². The summed E-state index contributed by atoms with van der Waals surface area (Å²) in [4.78, 5) is 1.92. The minimum Gasteiger partial charge on any atom is -0.467 e. The molecule has 1 saturated heterocycles. The molecule has 1 aromatic carbocycles. The monoisotopic (exact) mass is 364 g/mol. The van der Waals surface area contributed by atoms with Crippen LogP contribution in [0, 0.1) is 6.92 Å². The molecule has 5 nitrogen and oxygen atoms in total. The third-order valence-corrected chi connectivity index (χ3v) is 6.17. The molecule has 128 valence electrons. The third-order valence-electron chi connectivity index (χ3n) is 4.09. The van der Waals surface area contributed by atoms with E-state index in [9.17, 15) is 8.42 Å². The fourth-order valence-corrected chi connectivity index (χ4v) is 4.94. The Kier molecular flexibility index (Phi) is 4.91. The molecule has 0 radical (unpaired) electrons. The lowest BCUT2D eigenvalue weighted by Gasteiger charge is -2.30. The van der Waals surface area contributed by atoms with Crippen molar-refractivity contribution < 1.29 is 12.8 Å². The number of hydrogen-bond acceptors (Lipinski definition) is 4. The molecule has 0 amide bonds. The fourth-order valence-electron chi connectivity index (χ4n) is 2.88. The molecule has 0 aliphatic carbocycles. The Labute approximate surface area is 147 Å². The largest absolute Gasteiger partial charge is 0.467 e. The van der Waals surface area contributed by atoms with Crippen molar-refractivity contribution in [2.24, 2.45) is 0 Å². The Morgan fingerprint density at radius 2 is 2.21 bits per heavy atom. The van der Waals surface area contributed by atoms with Crippen LogP contribution < -0.4 is 5.32 Å². The number of rotatable bonds is 4. The minimum atomic E-state index is -2.99. The number of thiocarbonyl (C=S) groups is 1. The number of benzene rings is 1.